The van der Waals surface area contributed by atoms with Gasteiger partial charge in [-0.1, -0.05) is 26.8 Å². The first-order valence-corrected chi connectivity index (χ1v) is 22.0. The summed E-state index contributed by atoms with van der Waals surface area (Å²) in [7, 11) is 0. The quantitative estimate of drug-likeness (QED) is 0.139. The molecule has 21 heteroatoms. The standard InChI is InChI=1S/C48H44F7N11O3/c1-27-40-42(61-44(59-27)60-37-12-10-32(69-48(53,54)55)21-35(37)47(50,51)52)66(30-13-17-62(18-14-30)26-46(2,3)4)45(68)65(40)31-9-11-38(58-23-31)43(67)63-19-15-33-34-6-5-16-57-41(34)64(39(33)25-63)24-29-8-7-28(22-56)20-36(29)49/h5-12,16,20-21,23,30H,13-15,17-19,24-26H2,1-4H3,(H,59,60,61). The van der Waals surface area contributed by atoms with Crippen LogP contribution in [0.3, 0.4) is 0 Å². The highest BCUT2D eigenvalue weighted by molar-refractivity contribution is 5.93. The number of fused-ring (bicyclic) bond motifs is 4. The number of anilines is 2. The van der Waals surface area contributed by atoms with Gasteiger partial charge in [-0.05, 0) is 91.8 Å². The smallest absolute Gasteiger partial charge is 0.406 e. The Labute approximate surface area is 389 Å². The number of pyridine rings is 2. The summed E-state index contributed by atoms with van der Waals surface area (Å²) in [4.78, 5) is 51.0. The molecule has 5 aromatic heterocycles. The second-order valence-electron chi connectivity index (χ2n) is 18.4. The van der Waals surface area contributed by atoms with Gasteiger partial charge in [-0.2, -0.15) is 23.4 Å². The number of likely N-dealkylation sites (tertiary alicyclic amines) is 1. The van der Waals surface area contributed by atoms with Crippen LogP contribution in [0.4, 0.5) is 42.4 Å². The molecule has 1 N–H and O–H groups in total. The van der Waals surface area contributed by atoms with Crippen LogP contribution >= 0.6 is 0 Å². The molecule has 0 saturated carbocycles. The maximum Gasteiger partial charge on any atom is 0.573 e. The molecule has 69 heavy (non-hydrogen) atoms. The zero-order valence-electron chi connectivity index (χ0n) is 37.7. The average Bonchev–Trinajstić information content (AvgIpc) is 3.76. The second-order valence-corrected chi connectivity index (χ2v) is 18.4. The number of ether oxygens (including phenoxy) is 1. The summed E-state index contributed by atoms with van der Waals surface area (Å²) < 4.78 is 105. The number of rotatable bonds is 9. The minimum absolute atomic E-state index is 0.0137. The first-order chi connectivity index (χ1) is 32.7. The van der Waals surface area contributed by atoms with E-state index in [-0.39, 0.29) is 70.4 Å². The number of aromatic nitrogens is 7. The minimum Gasteiger partial charge on any atom is -0.406 e. The number of hydrogen-bond donors (Lipinski definition) is 1. The lowest BCUT2D eigenvalue weighted by atomic mass is 9.94. The minimum atomic E-state index is -5.23. The monoisotopic (exact) mass is 955 g/mol. The molecule has 2 aliphatic heterocycles. The number of carbonyl (C=O) groups is 1. The predicted octanol–water partition coefficient (Wildman–Crippen LogP) is 9.24. The molecular weight excluding hydrogens is 912 g/mol. The number of nitrogens with one attached hydrogen (secondary N) is 1. The van der Waals surface area contributed by atoms with Gasteiger partial charge in [0.1, 0.15) is 28.4 Å². The van der Waals surface area contributed by atoms with Crippen molar-refractivity contribution in [2.45, 2.75) is 78.6 Å². The number of benzene rings is 2. The maximum atomic E-state index is 15.2. The highest BCUT2D eigenvalue weighted by Crippen LogP contribution is 2.40. The van der Waals surface area contributed by atoms with Gasteiger partial charge >= 0.3 is 18.2 Å². The Bertz CT molecular complexity index is 3230. The first kappa shape index (κ1) is 46.8. The fourth-order valence-electron chi connectivity index (χ4n) is 9.42. The summed E-state index contributed by atoms with van der Waals surface area (Å²) in [5.74, 6) is -2.35. The molecule has 7 heterocycles. The summed E-state index contributed by atoms with van der Waals surface area (Å²) in [6.45, 7) is 10.7. The number of hydrogen-bond acceptors (Lipinski definition) is 10. The van der Waals surface area contributed by atoms with Gasteiger partial charge in [0.2, 0.25) is 5.95 Å². The van der Waals surface area contributed by atoms with Crippen molar-refractivity contribution in [3.63, 3.8) is 0 Å². The number of aryl methyl sites for hydroxylation is 1. The molecule has 358 valence electrons. The number of halogens is 7. The van der Waals surface area contributed by atoms with Crippen LogP contribution in [0.25, 0.3) is 27.9 Å². The van der Waals surface area contributed by atoms with Crippen LogP contribution in [0.2, 0.25) is 0 Å². The fraction of sp³-hybridized carbons (Fsp3) is 0.354. The van der Waals surface area contributed by atoms with E-state index in [9.17, 15) is 41.2 Å². The number of carbonyl (C=O) groups excluding carboxylic acids is 1. The Balaban J connectivity index is 1.05. The van der Waals surface area contributed by atoms with Crippen LogP contribution in [-0.2, 0) is 25.7 Å². The highest BCUT2D eigenvalue weighted by Gasteiger charge is 2.38. The summed E-state index contributed by atoms with van der Waals surface area (Å²) in [5.41, 5.74) is 1.17. The molecule has 2 aromatic carbocycles. The van der Waals surface area contributed by atoms with Gasteiger partial charge in [0, 0.05) is 55.1 Å². The molecule has 14 nitrogen and oxygen atoms in total. The van der Waals surface area contributed by atoms with Gasteiger partial charge in [-0.3, -0.25) is 13.9 Å². The lowest BCUT2D eigenvalue weighted by molar-refractivity contribution is -0.274. The van der Waals surface area contributed by atoms with Crippen LogP contribution in [0.15, 0.2) is 77.9 Å². The molecule has 9 rings (SSSR count). The first-order valence-electron chi connectivity index (χ1n) is 22.0. The molecule has 7 aromatic rings. The van der Waals surface area contributed by atoms with Crippen molar-refractivity contribution in [3.05, 3.63) is 129 Å². The van der Waals surface area contributed by atoms with Gasteiger partial charge < -0.3 is 24.4 Å². The van der Waals surface area contributed by atoms with Crippen molar-refractivity contribution in [2.75, 3.05) is 31.5 Å². The Morgan fingerprint density at radius 3 is 2.38 bits per heavy atom. The molecule has 1 saturated heterocycles. The molecule has 0 aliphatic carbocycles. The lowest BCUT2D eigenvalue weighted by Crippen LogP contribution is -2.41. The van der Waals surface area contributed by atoms with Crippen LogP contribution in [0, 0.1) is 29.5 Å². The van der Waals surface area contributed by atoms with Crippen molar-refractivity contribution < 1.29 is 40.3 Å². The molecule has 0 atom stereocenters. The van der Waals surface area contributed by atoms with Crippen LogP contribution in [0.1, 0.15) is 83.8 Å². The van der Waals surface area contributed by atoms with Crippen LogP contribution in [0.5, 0.6) is 5.75 Å². The van der Waals surface area contributed by atoms with Gasteiger partial charge in [-0.15, -0.1) is 13.2 Å². The average molecular weight is 956 g/mol. The number of imidazole rings is 1. The third-order valence-corrected chi connectivity index (χ3v) is 12.3. The second kappa shape index (κ2) is 17.6. The van der Waals surface area contributed by atoms with E-state index >= 15 is 4.39 Å². The SMILES string of the molecule is Cc1nc(Nc2ccc(OC(F)(F)F)cc2C(F)(F)F)nc2c1n(-c1ccc(C(=O)N3CCc4c(n(Cc5ccc(C#N)cc5F)c5ncccc45)C3)nc1)c(=O)n2C1CCN(CC(C)(C)C)CC1. The highest BCUT2D eigenvalue weighted by atomic mass is 19.4. The van der Waals surface area contributed by atoms with Crippen molar-refractivity contribution >= 4 is 39.7 Å². The number of nitriles is 1. The van der Waals surface area contributed by atoms with E-state index in [1.807, 2.05) is 22.8 Å². The maximum absolute atomic E-state index is 15.2. The Morgan fingerprint density at radius 2 is 1.71 bits per heavy atom. The molecule has 0 radical (unpaired) electrons. The molecule has 0 bridgehead atoms. The number of nitrogens with zero attached hydrogens (tertiary/aromatic N) is 10. The fourth-order valence-corrected chi connectivity index (χ4v) is 9.42. The Kier molecular flexibility index (Phi) is 11.9. The number of alkyl halides is 6. The van der Waals surface area contributed by atoms with Crippen molar-refractivity contribution in [3.8, 4) is 17.5 Å². The summed E-state index contributed by atoms with van der Waals surface area (Å²) in [6.07, 6.45) is -5.75. The molecule has 1 fully saturated rings. The van der Waals surface area contributed by atoms with E-state index in [1.54, 1.807) is 36.2 Å². The van der Waals surface area contributed by atoms with Crippen molar-refractivity contribution in [1.29, 1.82) is 5.26 Å². The zero-order chi connectivity index (χ0) is 49.2. The molecule has 2 aliphatic rings. The predicted molar refractivity (Wildman–Crippen MR) is 240 cm³/mol. The van der Waals surface area contributed by atoms with Crippen molar-refractivity contribution in [2.24, 2.45) is 5.41 Å². The van der Waals surface area contributed by atoms with Gasteiger partial charge in [-0.25, -0.2) is 24.1 Å². The van der Waals surface area contributed by atoms with E-state index in [0.717, 1.165) is 35.3 Å². The largest absolute Gasteiger partial charge is 0.573 e. The Hall–Kier alpha value is -7.34. The summed E-state index contributed by atoms with van der Waals surface area (Å²) in [5, 5.41) is 12.7. The third kappa shape index (κ3) is 9.44. The van der Waals surface area contributed by atoms with E-state index in [0.29, 0.717) is 50.1 Å². The normalized spacial score (nSPS) is 15.1. The summed E-state index contributed by atoms with van der Waals surface area (Å²) >= 11 is 0. The molecule has 0 spiro atoms. The van der Waals surface area contributed by atoms with E-state index in [4.69, 9.17) is 0 Å². The van der Waals surface area contributed by atoms with E-state index in [2.05, 4.69) is 55.7 Å². The molecule has 1 amide bonds. The number of piperidine rings is 1. The Morgan fingerprint density at radius 1 is 0.942 bits per heavy atom. The topological polar surface area (TPSA) is 152 Å². The van der Waals surface area contributed by atoms with E-state index < -0.39 is 47.0 Å². The number of amides is 1. The molecule has 0 unspecified atom stereocenters. The van der Waals surface area contributed by atoms with E-state index in [1.165, 1.54) is 27.5 Å². The molecular formula is C48H44F7N11O3. The summed E-state index contributed by atoms with van der Waals surface area (Å²) in [6, 6.07) is 14.4. The van der Waals surface area contributed by atoms with Gasteiger partial charge in [0.15, 0.2) is 5.65 Å². The van der Waals surface area contributed by atoms with Crippen molar-refractivity contribution in [1.82, 2.24) is 43.4 Å². The van der Waals surface area contributed by atoms with Crippen LogP contribution in [-0.4, -0.2) is 81.9 Å². The zero-order valence-corrected chi connectivity index (χ0v) is 37.7. The lowest BCUT2D eigenvalue weighted by Gasteiger charge is -2.36. The van der Waals surface area contributed by atoms with Crippen LogP contribution < -0.4 is 15.7 Å². The third-order valence-electron chi connectivity index (χ3n) is 12.3. The van der Waals surface area contributed by atoms with Gasteiger partial charge in [0.05, 0.1) is 53.6 Å². The van der Waals surface area contributed by atoms with Gasteiger partial charge in [0.25, 0.3) is 5.91 Å².